The molecule has 0 aromatic carbocycles. The molecule has 0 saturated carbocycles. The summed E-state index contributed by atoms with van der Waals surface area (Å²) in [5.74, 6) is -0.959. The van der Waals surface area contributed by atoms with E-state index >= 15 is 0 Å². The van der Waals surface area contributed by atoms with Crippen LogP contribution in [0.5, 0.6) is 0 Å². The number of likely N-dealkylation sites (N-methyl/N-ethyl adjacent to an activating group) is 1. The number of nitrogens with one attached hydrogen (secondary N) is 1. The number of hydrogen-bond donors (Lipinski definition) is 2. The SMILES string of the molecule is CCN(C(=O)NC1CCS(=O)(=O)CC1)C(C)(C)C(=O)O. The van der Waals surface area contributed by atoms with Crippen molar-refractivity contribution in [3.05, 3.63) is 0 Å². The normalized spacial score (nSPS) is 19.4. The Hall–Kier alpha value is -1.31. The molecule has 20 heavy (non-hydrogen) atoms. The quantitative estimate of drug-likeness (QED) is 0.785. The first-order valence-electron chi connectivity index (χ1n) is 6.62. The first-order chi connectivity index (χ1) is 9.10. The second-order valence-corrected chi connectivity index (χ2v) is 7.79. The van der Waals surface area contributed by atoms with E-state index in [1.165, 1.54) is 18.7 Å². The number of aliphatic carboxylic acids is 1. The van der Waals surface area contributed by atoms with Gasteiger partial charge >= 0.3 is 12.0 Å². The van der Waals surface area contributed by atoms with Crippen molar-refractivity contribution in [3.63, 3.8) is 0 Å². The number of rotatable bonds is 4. The first-order valence-corrected chi connectivity index (χ1v) is 8.44. The molecule has 1 aliphatic heterocycles. The monoisotopic (exact) mass is 306 g/mol. The molecule has 2 amide bonds. The van der Waals surface area contributed by atoms with Crippen LogP contribution in [0.15, 0.2) is 0 Å². The largest absolute Gasteiger partial charge is 0.480 e. The van der Waals surface area contributed by atoms with Gasteiger partial charge in [0.2, 0.25) is 0 Å². The average molecular weight is 306 g/mol. The molecule has 0 bridgehead atoms. The number of carbonyl (C=O) groups excluding carboxylic acids is 1. The molecular formula is C12H22N2O5S. The van der Waals surface area contributed by atoms with E-state index in [0.29, 0.717) is 12.8 Å². The maximum atomic E-state index is 12.2. The van der Waals surface area contributed by atoms with Crippen molar-refractivity contribution < 1.29 is 23.1 Å². The van der Waals surface area contributed by atoms with E-state index in [4.69, 9.17) is 5.11 Å². The van der Waals surface area contributed by atoms with Crippen LogP contribution >= 0.6 is 0 Å². The Balaban J connectivity index is 2.68. The van der Waals surface area contributed by atoms with Crippen LogP contribution in [0.25, 0.3) is 0 Å². The molecule has 0 aliphatic carbocycles. The van der Waals surface area contributed by atoms with Crippen LogP contribution in [0.1, 0.15) is 33.6 Å². The molecule has 0 aromatic rings. The summed E-state index contributed by atoms with van der Waals surface area (Å²) in [7, 11) is -2.98. The predicted octanol–water partition coefficient (Wildman–Crippen LogP) is 0.458. The molecule has 1 saturated heterocycles. The number of nitrogens with zero attached hydrogens (tertiary/aromatic N) is 1. The molecule has 0 atom stereocenters. The van der Waals surface area contributed by atoms with Crippen LogP contribution < -0.4 is 5.32 Å². The molecule has 1 heterocycles. The fourth-order valence-electron chi connectivity index (χ4n) is 2.20. The van der Waals surface area contributed by atoms with Crippen LogP contribution in [-0.4, -0.2) is 60.1 Å². The van der Waals surface area contributed by atoms with Gasteiger partial charge in [0.1, 0.15) is 15.4 Å². The van der Waals surface area contributed by atoms with Gasteiger partial charge < -0.3 is 15.3 Å². The molecule has 1 aliphatic rings. The molecular weight excluding hydrogens is 284 g/mol. The van der Waals surface area contributed by atoms with E-state index in [1.54, 1.807) is 6.92 Å². The van der Waals surface area contributed by atoms with Crippen molar-refractivity contribution in [3.8, 4) is 0 Å². The summed E-state index contributed by atoms with van der Waals surface area (Å²) in [6.07, 6.45) is 0.748. The molecule has 1 rings (SSSR count). The van der Waals surface area contributed by atoms with Crippen molar-refractivity contribution >= 4 is 21.8 Å². The molecule has 8 heteroatoms. The van der Waals surface area contributed by atoms with Gasteiger partial charge in [-0.05, 0) is 33.6 Å². The number of carbonyl (C=O) groups is 2. The van der Waals surface area contributed by atoms with Crippen LogP contribution in [0.3, 0.4) is 0 Å². The van der Waals surface area contributed by atoms with E-state index < -0.39 is 27.4 Å². The summed E-state index contributed by atoms with van der Waals surface area (Å²) in [6, 6.07) is -0.686. The van der Waals surface area contributed by atoms with Crippen molar-refractivity contribution in [1.29, 1.82) is 0 Å². The number of urea groups is 1. The minimum absolute atomic E-state index is 0.0619. The van der Waals surface area contributed by atoms with Gasteiger partial charge in [-0.3, -0.25) is 0 Å². The lowest BCUT2D eigenvalue weighted by molar-refractivity contribution is -0.147. The smallest absolute Gasteiger partial charge is 0.329 e. The van der Waals surface area contributed by atoms with Crippen molar-refractivity contribution in [2.75, 3.05) is 18.1 Å². The molecule has 0 aromatic heterocycles. The summed E-state index contributed by atoms with van der Waals surface area (Å²) in [5, 5.41) is 11.9. The molecule has 0 unspecified atom stereocenters. The zero-order valence-corrected chi connectivity index (χ0v) is 12.9. The maximum Gasteiger partial charge on any atom is 0.329 e. The minimum atomic E-state index is -2.98. The van der Waals surface area contributed by atoms with Crippen LogP contribution in [0, 0.1) is 0 Å². The van der Waals surface area contributed by atoms with E-state index in [1.807, 2.05) is 0 Å². The molecule has 116 valence electrons. The highest BCUT2D eigenvalue weighted by molar-refractivity contribution is 7.91. The fraction of sp³-hybridized carbons (Fsp3) is 0.833. The van der Waals surface area contributed by atoms with Crippen molar-refractivity contribution in [2.45, 2.75) is 45.2 Å². The van der Waals surface area contributed by atoms with Gasteiger partial charge in [-0.25, -0.2) is 18.0 Å². The summed E-state index contributed by atoms with van der Waals surface area (Å²) in [4.78, 5) is 24.6. The molecule has 7 nitrogen and oxygen atoms in total. The maximum absolute atomic E-state index is 12.2. The number of hydrogen-bond acceptors (Lipinski definition) is 4. The van der Waals surface area contributed by atoms with Crippen molar-refractivity contribution in [1.82, 2.24) is 10.2 Å². The van der Waals surface area contributed by atoms with Gasteiger partial charge in [0, 0.05) is 12.6 Å². The minimum Gasteiger partial charge on any atom is -0.480 e. The van der Waals surface area contributed by atoms with Crippen LogP contribution in [0.4, 0.5) is 4.79 Å². The topological polar surface area (TPSA) is 104 Å². The summed E-state index contributed by atoms with van der Waals surface area (Å²) in [5.41, 5.74) is -1.31. The standard InChI is InChI=1S/C12H22N2O5S/c1-4-14(12(2,3)10(15)16)11(17)13-9-5-7-20(18,19)8-6-9/h9H,4-8H2,1-3H3,(H,13,17)(H,15,16). The van der Waals surface area contributed by atoms with Crippen LogP contribution in [0.2, 0.25) is 0 Å². The highest BCUT2D eigenvalue weighted by atomic mass is 32.2. The summed E-state index contributed by atoms with van der Waals surface area (Å²) >= 11 is 0. The molecule has 0 radical (unpaired) electrons. The molecule has 1 fully saturated rings. The second-order valence-electron chi connectivity index (χ2n) is 5.48. The van der Waals surface area contributed by atoms with Gasteiger partial charge in [0.05, 0.1) is 11.5 Å². The lowest BCUT2D eigenvalue weighted by Gasteiger charge is -2.36. The van der Waals surface area contributed by atoms with E-state index in [2.05, 4.69) is 5.32 Å². The van der Waals surface area contributed by atoms with E-state index in [0.717, 1.165) is 0 Å². The first kappa shape index (κ1) is 16.7. The summed E-state index contributed by atoms with van der Waals surface area (Å²) in [6.45, 7) is 4.89. The number of carboxylic acid groups (broad SMARTS) is 1. The third-order valence-electron chi connectivity index (χ3n) is 3.64. The Morgan fingerprint density at radius 1 is 1.30 bits per heavy atom. The van der Waals surface area contributed by atoms with Gasteiger partial charge in [-0.15, -0.1) is 0 Å². The number of amides is 2. The van der Waals surface area contributed by atoms with Crippen LogP contribution in [-0.2, 0) is 14.6 Å². The van der Waals surface area contributed by atoms with E-state index in [-0.39, 0.29) is 24.1 Å². The average Bonchev–Trinajstić information content (AvgIpc) is 2.32. The van der Waals surface area contributed by atoms with Gasteiger partial charge in [0.15, 0.2) is 0 Å². The second kappa shape index (κ2) is 5.99. The molecule has 0 spiro atoms. The predicted molar refractivity (Wildman–Crippen MR) is 74.3 cm³/mol. The third-order valence-corrected chi connectivity index (χ3v) is 5.36. The number of carboxylic acids is 1. The van der Waals surface area contributed by atoms with Gasteiger partial charge in [0.25, 0.3) is 0 Å². The Bertz CT molecular complexity index is 472. The Kier molecular flexibility index (Phi) is 5.01. The van der Waals surface area contributed by atoms with Crippen molar-refractivity contribution in [2.24, 2.45) is 0 Å². The summed E-state index contributed by atoms with van der Waals surface area (Å²) < 4.78 is 22.6. The highest BCUT2D eigenvalue weighted by Crippen LogP contribution is 2.17. The Morgan fingerprint density at radius 2 is 1.80 bits per heavy atom. The fourth-order valence-corrected chi connectivity index (χ4v) is 3.69. The lowest BCUT2D eigenvalue weighted by atomic mass is 10.0. The lowest BCUT2D eigenvalue weighted by Crippen LogP contribution is -2.58. The molecule has 2 N–H and O–H groups in total. The van der Waals surface area contributed by atoms with Gasteiger partial charge in [-0.2, -0.15) is 0 Å². The third kappa shape index (κ3) is 3.84. The van der Waals surface area contributed by atoms with E-state index in [9.17, 15) is 18.0 Å². The Labute approximate surface area is 119 Å². The number of sulfone groups is 1. The Morgan fingerprint density at radius 3 is 2.20 bits per heavy atom. The zero-order valence-electron chi connectivity index (χ0n) is 12.0. The highest BCUT2D eigenvalue weighted by Gasteiger charge is 2.38. The zero-order chi connectivity index (χ0) is 15.6. The van der Waals surface area contributed by atoms with Gasteiger partial charge in [-0.1, -0.05) is 0 Å².